The number of hydrogen-bond donors (Lipinski definition) is 0. The number of likely N-dealkylation sites (N-methyl/N-ethyl adjacent to an activating group) is 1. The Balaban J connectivity index is 0. The number of piperazine rings is 1. The van der Waals surface area contributed by atoms with Crippen LogP contribution in [0.5, 0.6) is 0 Å². The lowest BCUT2D eigenvalue weighted by Gasteiger charge is -2.34. The summed E-state index contributed by atoms with van der Waals surface area (Å²) in [5, 5.41) is 4.84. The summed E-state index contributed by atoms with van der Waals surface area (Å²) < 4.78 is 2.24. The molecule has 1 aliphatic heterocycles. The first-order chi connectivity index (χ1) is 13.1. The highest BCUT2D eigenvalue weighted by molar-refractivity contribution is 5.28. The second-order valence-corrected chi connectivity index (χ2v) is 6.45. The molecule has 0 radical (unpaired) electrons. The van der Waals surface area contributed by atoms with Gasteiger partial charge in [-0.15, -0.1) is 0 Å². The van der Waals surface area contributed by atoms with Gasteiger partial charge in [-0.05, 0) is 31.4 Å². The van der Waals surface area contributed by atoms with Crippen LogP contribution in [0.2, 0.25) is 0 Å². The van der Waals surface area contributed by atoms with E-state index in [1.165, 1.54) is 49.7 Å². The highest BCUT2D eigenvalue weighted by Crippen LogP contribution is 2.23. The Bertz CT molecular complexity index is 443. The smallest absolute Gasteiger partial charge is 0.0659 e. The van der Waals surface area contributed by atoms with Gasteiger partial charge in [-0.2, -0.15) is 5.10 Å². The van der Waals surface area contributed by atoms with Crippen LogP contribution in [-0.2, 0) is 13.0 Å². The first kappa shape index (κ1) is 28.3. The molecular formula is C23H50N4. The highest BCUT2D eigenvalue weighted by Gasteiger charge is 2.18. The number of hydrogen-bond acceptors (Lipinski definition) is 3. The molecule has 162 valence electrons. The third-order valence-electron chi connectivity index (χ3n) is 4.78. The van der Waals surface area contributed by atoms with Crippen molar-refractivity contribution in [1.29, 1.82) is 0 Å². The molecule has 0 amide bonds. The van der Waals surface area contributed by atoms with E-state index in [1.807, 2.05) is 41.5 Å². The third kappa shape index (κ3) is 9.25. The van der Waals surface area contributed by atoms with Crippen LogP contribution in [0.25, 0.3) is 0 Å². The molecule has 1 aromatic heterocycles. The normalized spacial score (nSPS) is 14.5. The second kappa shape index (κ2) is 17.2. The van der Waals surface area contributed by atoms with Gasteiger partial charge < -0.3 is 4.90 Å². The first-order valence-electron chi connectivity index (χ1n) is 11.6. The molecule has 0 spiro atoms. The van der Waals surface area contributed by atoms with Gasteiger partial charge in [-0.25, -0.2) is 0 Å². The Morgan fingerprint density at radius 3 is 1.67 bits per heavy atom. The summed E-state index contributed by atoms with van der Waals surface area (Å²) in [5.41, 5.74) is 4.13. The minimum atomic E-state index is 0.571. The molecule has 2 heterocycles. The molecule has 0 atom stereocenters. The fourth-order valence-corrected chi connectivity index (χ4v) is 3.42. The number of nitrogens with zero attached hydrogens (tertiary/aromatic N) is 4. The molecule has 1 fully saturated rings. The Kier molecular flexibility index (Phi) is 18.1. The van der Waals surface area contributed by atoms with Crippen molar-refractivity contribution in [1.82, 2.24) is 19.6 Å². The Morgan fingerprint density at radius 2 is 1.30 bits per heavy atom. The second-order valence-electron chi connectivity index (χ2n) is 6.45. The highest BCUT2D eigenvalue weighted by atomic mass is 15.3. The Morgan fingerprint density at radius 1 is 0.815 bits per heavy atom. The van der Waals surface area contributed by atoms with Crippen molar-refractivity contribution >= 4 is 0 Å². The van der Waals surface area contributed by atoms with Crippen molar-refractivity contribution < 1.29 is 0 Å². The summed E-state index contributed by atoms with van der Waals surface area (Å²) in [4.78, 5) is 5.11. The molecule has 0 N–H and O–H groups in total. The molecule has 4 nitrogen and oxygen atoms in total. The predicted octanol–water partition coefficient (Wildman–Crippen LogP) is 5.59. The lowest BCUT2D eigenvalue weighted by molar-refractivity contribution is 0.132. The van der Waals surface area contributed by atoms with E-state index in [9.17, 15) is 0 Å². The van der Waals surface area contributed by atoms with Gasteiger partial charge in [0.25, 0.3) is 0 Å². The maximum atomic E-state index is 4.84. The minimum Gasteiger partial charge on any atom is -0.301 e. The Hall–Kier alpha value is -0.870. The van der Waals surface area contributed by atoms with E-state index in [-0.39, 0.29) is 0 Å². The monoisotopic (exact) mass is 382 g/mol. The lowest BCUT2D eigenvalue weighted by atomic mass is 10.00. The minimum absolute atomic E-state index is 0.571. The van der Waals surface area contributed by atoms with Gasteiger partial charge in [0.1, 0.15) is 0 Å². The molecule has 1 aliphatic rings. The molecule has 2 rings (SSSR count). The Labute approximate surface area is 171 Å². The van der Waals surface area contributed by atoms with E-state index < -0.39 is 0 Å². The van der Waals surface area contributed by atoms with Gasteiger partial charge in [-0.3, -0.25) is 9.58 Å². The summed E-state index contributed by atoms with van der Waals surface area (Å²) in [6.45, 7) is 31.4. The van der Waals surface area contributed by atoms with Gasteiger partial charge in [0.05, 0.1) is 12.2 Å². The van der Waals surface area contributed by atoms with Crippen LogP contribution < -0.4 is 0 Å². The molecule has 27 heavy (non-hydrogen) atoms. The van der Waals surface area contributed by atoms with E-state index in [4.69, 9.17) is 5.10 Å². The van der Waals surface area contributed by atoms with Crippen LogP contribution in [0.15, 0.2) is 0 Å². The molecule has 0 aliphatic carbocycles. The van der Waals surface area contributed by atoms with Gasteiger partial charge in [-0.1, -0.05) is 69.2 Å². The van der Waals surface area contributed by atoms with E-state index in [0.717, 1.165) is 19.5 Å². The zero-order valence-electron chi connectivity index (χ0n) is 20.5. The molecule has 0 unspecified atom stereocenters. The molecule has 0 aromatic carbocycles. The summed E-state index contributed by atoms with van der Waals surface area (Å²) in [7, 11) is 0. The predicted molar refractivity (Wildman–Crippen MR) is 123 cm³/mol. The topological polar surface area (TPSA) is 24.3 Å². The summed E-state index contributed by atoms with van der Waals surface area (Å²) in [6.07, 6.45) is 1.04. The average Bonchev–Trinajstić information content (AvgIpc) is 3.07. The van der Waals surface area contributed by atoms with E-state index in [1.54, 1.807) is 0 Å². The average molecular weight is 383 g/mol. The largest absolute Gasteiger partial charge is 0.301 e. The molecule has 0 bridgehead atoms. The molecule has 1 aromatic rings. The van der Waals surface area contributed by atoms with Crippen LogP contribution >= 0.6 is 0 Å². The van der Waals surface area contributed by atoms with Crippen molar-refractivity contribution in [2.45, 2.75) is 95.0 Å². The molecule has 4 heteroatoms. The maximum Gasteiger partial charge on any atom is 0.0659 e. The zero-order valence-corrected chi connectivity index (χ0v) is 20.5. The SMILES string of the molecule is CC.CC.CC.CCc1nn(CCN2CCN(CC)CC2)c(C)c1C(C)C. The van der Waals surface area contributed by atoms with Crippen LogP contribution in [0, 0.1) is 6.92 Å². The number of rotatable bonds is 6. The van der Waals surface area contributed by atoms with E-state index in [0.29, 0.717) is 5.92 Å². The van der Waals surface area contributed by atoms with E-state index in [2.05, 4.69) is 49.1 Å². The summed E-state index contributed by atoms with van der Waals surface area (Å²) >= 11 is 0. The first-order valence-corrected chi connectivity index (χ1v) is 11.6. The molecule has 0 saturated carbocycles. The standard InChI is InChI=1S/C17H32N4.3C2H6/c1-6-16-17(14(3)4)15(5)21(18-16)13-12-20-10-8-19(7-2)9-11-20;3*1-2/h14H,6-13H2,1-5H3;3*1-2H3. The maximum absolute atomic E-state index is 4.84. The van der Waals surface area contributed by atoms with Crippen LogP contribution in [0.4, 0.5) is 0 Å². The zero-order chi connectivity index (χ0) is 21.4. The number of aromatic nitrogens is 2. The van der Waals surface area contributed by atoms with Crippen molar-refractivity contribution in [2.24, 2.45) is 0 Å². The summed E-state index contributed by atoms with van der Waals surface area (Å²) in [6, 6.07) is 0. The third-order valence-corrected chi connectivity index (χ3v) is 4.78. The number of aryl methyl sites for hydroxylation is 1. The van der Waals surface area contributed by atoms with Crippen molar-refractivity contribution in [3.8, 4) is 0 Å². The van der Waals surface area contributed by atoms with Gasteiger partial charge in [0, 0.05) is 38.4 Å². The van der Waals surface area contributed by atoms with Crippen LogP contribution in [-0.4, -0.2) is 58.8 Å². The molecular weight excluding hydrogens is 332 g/mol. The van der Waals surface area contributed by atoms with Crippen molar-refractivity contribution in [3.05, 3.63) is 17.0 Å². The van der Waals surface area contributed by atoms with Gasteiger partial charge in [0.2, 0.25) is 0 Å². The van der Waals surface area contributed by atoms with Crippen molar-refractivity contribution in [2.75, 3.05) is 39.3 Å². The fourth-order valence-electron chi connectivity index (χ4n) is 3.42. The van der Waals surface area contributed by atoms with Crippen LogP contribution in [0.1, 0.15) is 92.1 Å². The van der Waals surface area contributed by atoms with Crippen molar-refractivity contribution in [3.63, 3.8) is 0 Å². The van der Waals surface area contributed by atoms with E-state index >= 15 is 0 Å². The van der Waals surface area contributed by atoms with Crippen LogP contribution in [0.3, 0.4) is 0 Å². The fraction of sp³-hybridized carbons (Fsp3) is 0.870. The van der Waals surface area contributed by atoms with Gasteiger partial charge in [0.15, 0.2) is 0 Å². The molecule has 1 saturated heterocycles. The van der Waals surface area contributed by atoms with Gasteiger partial charge >= 0.3 is 0 Å². The lowest BCUT2D eigenvalue weighted by Crippen LogP contribution is -2.47. The summed E-state index contributed by atoms with van der Waals surface area (Å²) in [5.74, 6) is 0.571. The quantitative estimate of drug-likeness (QED) is 0.640.